The second-order valence-corrected chi connectivity index (χ2v) is 7.48. The van der Waals surface area contributed by atoms with Crippen LogP contribution in [-0.4, -0.2) is 32.7 Å². The molecule has 0 atom stereocenters. The molecule has 3 aromatic heterocycles. The van der Waals surface area contributed by atoms with Crippen LogP contribution in [0.3, 0.4) is 0 Å². The van der Waals surface area contributed by atoms with Gasteiger partial charge in [0.2, 0.25) is 0 Å². The van der Waals surface area contributed by atoms with Crippen LogP contribution in [0.5, 0.6) is 0 Å². The third kappa shape index (κ3) is 2.91. The SMILES string of the molecule is CSc1nc2c(c(=O)[nH]1)CN(Cc1cc3cccnc3s1)CC2. The van der Waals surface area contributed by atoms with Gasteiger partial charge in [-0.25, -0.2) is 9.97 Å². The van der Waals surface area contributed by atoms with Crippen molar-refractivity contribution in [3.8, 4) is 0 Å². The van der Waals surface area contributed by atoms with Crippen molar-refractivity contribution in [2.45, 2.75) is 24.7 Å². The summed E-state index contributed by atoms with van der Waals surface area (Å²) < 4.78 is 0. The third-order valence-corrected chi connectivity index (χ3v) is 5.67. The Morgan fingerprint density at radius 2 is 2.39 bits per heavy atom. The molecule has 1 aliphatic heterocycles. The Hall–Kier alpha value is -1.70. The zero-order valence-electron chi connectivity index (χ0n) is 12.7. The zero-order chi connectivity index (χ0) is 15.8. The lowest BCUT2D eigenvalue weighted by atomic mass is 10.1. The first-order valence-electron chi connectivity index (χ1n) is 7.45. The highest BCUT2D eigenvalue weighted by atomic mass is 32.2. The summed E-state index contributed by atoms with van der Waals surface area (Å²) in [7, 11) is 0. The number of hydrogen-bond donors (Lipinski definition) is 1. The van der Waals surface area contributed by atoms with Gasteiger partial charge in [-0.3, -0.25) is 9.69 Å². The summed E-state index contributed by atoms with van der Waals surface area (Å²) in [6, 6.07) is 6.25. The van der Waals surface area contributed by atoms with Crippen LogP contribution in [0.4, 0.5) is 0 Å². The molecule has 0 bridgehead atoms. The van der Waals surface area contributed by atoms with Gasteiger partial charge in [0.25, 0.3) is 5.56 Å². The molecule has 5 nitrogen and oxygen atoms in total. The lowest BCUT2D eigenvalue weighted by molar-refractivity contribution is 0.243. The van der Waals surface area contributed by atoms with Crippen molar-refractivity contribution in [1.29, 1.82) is 0 Å². The Morgan fingerprint density at radius 3 is 3.22 bits per heavy atom. The zero-order valence-corrected chi connectivity index (χ0v) is 14.3. The van der Waals surface area contributed by atoms with Crippen LogP contribution in [0.2, 0.25) is 0 Å². The largest absolute Gasteiger partial charge is 0.301 e. The van der Waals surface area contributed by atoms with Crippen LogP contribution in [-0.2, 0) is 19.5 Å². The minimum Gasteiger partial charge on any atom is -0.301 e. The highest BCUT2D eigenvalue weighted by Crippen LogP contribution is 2.26. The first kappa shape index (κ1) is 14.9. The molecule has 0 saturated heterocycles. The number of H-pyrrole nitrogens is 1. The van der Waals surface area contributed by atoms with E-state index in [1.54, 1.807) is 11.3 Å². The molecule has 0 spiro atoms. The van der Waals surface area contributed by atoms with Crippen molar-refractivity contribution in [3.63, 3.8) is 0 Å². The maximum atomic E-state index is 12.2. The van der Waals surface area contributed by atoms with E-state index in [4.69, 9.17) is 0 Å². The van der Waals surface area contributed by atoms with E-state index in [2.05, 4.69) is 32.0 Å². The molecule has 4 heterocycles. The van der Waals surface area contributed by atoms with Crippen LogP contribution in [0.25, 0.3) is 10.2 Å². The van der Waals surface area contributed by atoms with Crippen LogP contribution in [0.1, 0.15) is 16.1 Å². The lowest BCUT2D eigenvalue weighted by Gasteiger charge is -2.27. The van der Waals surface area contributed by atoms with Gasteiger partial charge in [-0.1, -0.05) is 17.8 Å². The van der Waals surface area contributed by atoms with Crippen LogP contribution in [0.15, 0.2) is 34.3 Å². The molecule has 118 valence electrons. The Balaban J connectivity index is 1.57. The van der Waals surface area contributed by atoms with E-state index >= 15 is 0 Å². The fraction of sp³-hybridized carbons (Fsp3) is 0.312. The first-order valence-corrected chi connectivity index (χ1v) is 9.49. The summed E-state index contributed by atoms with van der Waals surface area (Å²) in [6.07, 6.45) is 4.58. The monoisotopic (exact) mass is 344 g/mol. The summed E-state index contributed by atoms with van der Waals surface area (Å²) in [4.78, 5) is 28.7. The minimum atomic E-state index is 0.00190. The molecule has 0 fully saturated rings. The molecule has 0 aliphatic carbocycles. The van der Waals surface area contributed by atoms with E-state index in [0.717, 1.165) is 35.6 Å². The predicted molar refractivity (Wildman–Crippen MR) is 94.1 cm³/mol. The number of nitrogens with one attached hydrogen (secondary N) is 1. The van der Waals surface area contributed by atoms with Gasteiger partial charge in [-0.15, -0.1) is 11.3 Å². The number of aromatic amines is 1. The number of hydrogen-bond acceptors (Lipinski definition) is 6. The van der Waals surface area contributed by atoms with E-state index in [1.807, 2.05) is 18.5 Å². The van der Waals surface area contributed by atoms with Gasteiger partial charge >= 0.3 is 0 Å². The molecule has 0 aromatic carbocycles. The predicted octanol–water partition coefficient (Wildman–Crippen LogP) is 2.66. The van der Waals surface area contributed by atoms with Gasteiger partial charge in [0.15, 0.2) is 5.16 Å². The van der Waals surface area contributed by atoms with Crippen LogP contribution < -0.4 is 5.56 Å². The average Bonchev–Trinajstić information content (AvgIpc) is 2.97. The van der Waals surface area contributed by atoms with E-state index in [9.17, 15) is 4.79 Å². The molecular formula is C16H16N4OS2. The third-order valence-electron chi connectivity index (χ3n) is 4.04. The van der Waals surface area contributed by atoms with Crippen molar-refractivity contribution < 1.29 is 0 Å². The molecule has 3 aromatic rings. The molecule has 1 aliphatic rings. The molecule has 0 radical (unpaired) electrons. The standard InChI is InChI=1S/C16H16N4OS2/c1-22-16-18-13-4-6-20(9-12(13)14(21)19-16)8-11-7-10-3-2-5-17-15(10)23-11/h2-3,5,7H,4,6,8-9H2,1H3,(H,18,19,21). The molecule has 1 N–H and O–H groups in total. The number of thiophene rings is 1. The Labute approximate surface area is 141 Å². The van der Waals surface area contributed by atoms with E-state index < -0.39 is 0 Å². The van der Waals surface area contributed by atoms with Crippen molar-refractivity contribution in [1.82, 2.24) is 19.9 Å². The van der Waals surface area contributed by atoms with Crippen LogP contribution >= 0.6 is 23.1 Å². The van der Waals surface area contributed by atoms with Gasteiger partial charge in [-0.05, 0) is 18.4 Å². The van der Waals surface area contributed by atoms with E-state index in [1.165, 1.54) is 22.0 Å². The minimum absolute atomic E-state index is 0.00190. The maximum Gasteiger partial charge on any atom is 0.256 e. The number of pyridine rings is 1. The van der Waals surface area contributed by atoms with E-state index in [0.29, 0.717) is 11.7 Å². The Bertz CT molecular complexity index is 885. The normalized spacial score (nSPS) is 15.0. The topological polar surface area (TPSA) is 61.9 Å². The summed E-state index contributed by atoms with van der Waals surface area (Å²) >= 11 is 3.20. The molecule has 4 rings (SSSR count). The van der Waals surface area contributed by atoms with Gasteiger partial charge in [0.1, 0.15) is 4.83 Å². The molecule has 7 heteroatoms. The average molecular weight is 344 g/mol. The highest BCUT2D eigenvalue weighted by Gasteiger charge is 2.21. The van der Waals surface area contributed by atoms with E-state index in [-0.39, 0.29) is 5.56 Å². The molecule has 0 amide bonds. The van der Waals surface area contributed by atoms with Gasteiger partial charge in [0, 0.05) is 42.5 Å². The highest BCUT2D eigenvalue weighted by molar-refractivity contribution is 7.98. The van der Waals surface area contributed by atoms with Crippen molar-refractivity contribution in [3.05, 3.63) is 50.9 Å². The van der Waals surface area contributed by atoms with Crippen molar-refractivity contribution in [2.75, 3.05) is 12.8 Å². The number of rotatable bonds is 3. The molecule has 0 unspecified atom stereocenters. The van der Waals surface area contributed by atoms with Gasteiger partial charge < -0.3 is 4.98 Å². The number of fused-ring (bicyclic) bond motifs is 2. The van der Waals surface area contributed by atoms with Crippen LogP contribution in [0, 0.1) is 0 Å². The fourth-order valence-corrected chi connectivity index (χ4v) is 4.35. The molecule has 23 heavy (non-hydrogen) atoms. The summed E-state index contributed by atoms with van der Waals surface area (Å²) in [5, 5.41) is 1.90. The second kappa shape index (κ2) is 6.07. The summed E-state index contributed by atoms with van der Waals surface area (Å²) in [5.41, 5.74) is 1.77. The fourth-order valence-electron chi connectivity index (χ4n) is 2.91. The number of nitrogens with zero attached hydrogens (tertiary/aromatic N) is 3. The van der Waals surface area contributed by atoms with Gasteiger partial charge in [-0.2, -0.15) is 0 Å². The van der Waals surface area contributed by atoms with Gasteiger partial charge in [0.05, 0.1) is 11.3 Å². The summed E-state index contributed by atoms with van der Waals surface area (Å²) in [5.74, 6) is 0. The van der Waals surface area contributed by atoms with Crippen molar-refractivity contribution >= 4 is 33.3 Å². The Kier molecular flexibility index (Phi) is 3.92. The molecular weight excluding hydrogens is 328 g/mol. The number of aromatic nitrogens is 3. The second-order valence-electron chi connectivity index (χ2n) is 5.57. The maximum absolute atomic E-state index is 12.2. The first-order chi connectivity index (χ1) is 11.2. The lowest BCUT2D eigenvalue weighted by Crippen LogP contribution is -2.35. The number of thioether (sulfide) groups is 1. The molecule has 0 saturated carbocycles. The van der Waals surface area contributed by atoms with Crippen molar-refractivity contribution in [2.24, 2.45) is 0 Å². The Morgan fingerprint density at radius 1 is 1.48 bits per heavy atom. The quantitative estimate of drug-likeness (QED) is 0.585. The smallest absolute Gasteiger partial charge is 0.256 e. The summed E-state index contributed by atoms with van der Waals surface area (Å²) in [6.45, 7) is 2.44.